The van der Waals surface area contributed by atoms with Gasteiger partial charge in [0.2, 0.25) is 0 Å². The van der Waals surface area contributed by atoms with E-state index >= 15 is 0 Å². The molecule has 2 nitrogen and oxygen atoms in total. The number of nitrogens with zero attached hydrogens (tertiary/aromatic N) is 1. The molecule has 1 aromatic heterocycles. The predicted molar refractivity (Wildman–Crippen MR) is 47.2 cm³/mol. The summed E-state index contributed by atoms with van der Waals surface area (Å²) in [7, 11) is 0. The van der Waals surface area contributed by atoms with E-state index in [4.69, 9.17) is 12.2 Å². The van der Waals surface area contributed by atoms with Crippen LogP contribution in [-0.2, 0) is 6.54 Å². The molecule has 60 valence electrons. The first kappa shape index (κ1) is 8.27. The summed E-state index contributed by atoms with van der Waals surface area (Å²) in [6.45, 7) is 2.94. The van der Waals surface area contributed by atoms with Crippen LogP contribution in [0.25, 0.3) is 0 Å². The van der Waals surface area contributed by atoms with Crippen molar-refractivity contribution in [2.45, 2.75) is 19.9 Å². The van der Waals surface area contributed by atoms with E-state index in [0.717, 1.165) is 13.0 Å². The van der Waals surface area contributed by atoms with Crippen molar-refractivity contribution >= 4 is 12.2 Å². The van der Waals surface area contributed by atoms with Crippen molar-refractivity contribution in [1.82, 2.24) is 4.57 Å². The molecule has 0 radical (unpaired) electrons. The van der Waals surface area contributed by atoms with Gasteiger partial charge in [0, 0.05) is 12.7 Å². The maximum Gasteiger partial charge on any atom is 0.150 e. The molecule has 1 aromatic rings. The topological polar surface area (TPSA) is 25.2 Å². The Labute approximate surface area is 71.1 Å². The second-order valence-electron chi connectivity index (χ2n) is 2.39. The zero-order chi connectivity index (χ0) is 8.27. The van der Waals surface area contributed by atoms with Crippen LogP contribution in [0.2, 0.25) is 0 Å². The molecule has 0 fully saturated rings. The van der Waals surface area contributed by atoms with Gasteiger partial charge >= 0.3 is 0 Å². The molecular weight excluding hydrogens is 158 g/mol. The molecule has 1 rings (SSSR count). The van der Waals surface area contributed by atoms with Crippen molar-refractivity contribution in [3.63, 3.8) is 0 Å². The van der Waals surface area contributed by atoms with Crippen LogP contribution in [0.1, 0.15) is 13.3 Å². The third-order valence-corrected chi connectivity index (χ3v) is 1.91. The van der Waals surface area contributed by atoms with E-state index in [1.165, 1.54) is 0 Å². The van der Waals surface area contributed by atoms with Crippen LogP contribution < -0.4 is 0 Å². The van der Waals surface area contributed by atoms with Gasteiger partial charge in [-0.15, -0.1) is 0 Å². The molecule has 3 heteroatoms. The molecule has 0 aliphatic carbocycles. The van der Waals surface area contributed by atoms with Gasteiger partial charge in [-0.05, 0) is 18.6 Å². The van der Waals surface area contributed by atoms with Crippen molar-refractivity contribution in [3.8, 4) is 5.75 Å². The highest BCUT2D eigenvalue weighted by atomic mass is 32.1. The molecule has 1 N–H and O–H groups in total. The maximum atomic E-state index is 9.20. The summed E-state index contributed by atoms with van der Waals surface area (Å²) >= 11 is 4.97. The second-order valence-corrected chi connectivity index (χ2v) is 2.78. The molecule has 0 atom stereocenters. The minimum Gasteiger partial charge on any atom is -0.505 e. The molecule has 11 heavy (non-hydrogen) atoms. The monoisotopic (exact) mass is 169 g/mol. The lowest BCUT2D eigenvalue weighted by atomic mass is 10.4. The van der Waals surface area contributed by atoms with Gasteiger partial charge in [-0.2, -0.15) is 0 Å². The SMILES string of the molecule is CCCn1cccc(O)c1=S. The second kappa shape index (κ2) is 3.53. The van der Waals surface area contributed by atoms with E-state index in [1.807, 2.05) is 10.8 Å². The zero-order valence-corrected chi connectivity index (χ0v) is 7.27. The largest absolute Gasteiger partial charge is 0.505 e. The van der Waals surface area contributed by atoms with Crippen molar-refractivity contribution in [2.75, 3.05) is 0 Å². The molecule has 1 heterocycles. The Morgan fingerprint density at radius 2 is 2.36 bits per heavy atom. The highest BCUT2D eigenvalue weighted by Crippen LogP contribution is 2.10. The number of aromatic nitrogens is 1. The van der Waals surface area contributed by atoms with Crippen LogP contribution in [0.15, 0.2) is 18.3 Å². The van der Waals surface area contributed by atoms with Gasteiger partial charge in [-0.1, -0.05) is 19.1 Å². The summed E-state index contributed by atoms with van der Waals surface area (Å²) in [5, 5.41) is 9.20. The van der Waals surface area contributed by atoms with Gasteiger partial charge in [0.05, 0.1) is 0 Å². The highest BCUT2D eigenvalue weighted by Gasteiger charge is 1.93. The molecule has 0 spiro atoms. The summed E-state index contributed by atoms with van der Waals surface area (Å²) in [5.74, 6) is 0.191. The molecule has 0 aromatic carbocycles. The normalized spacial score (nSPS) is 9.91. The molecule has 0 saturated carbocycles. The first-order valence-electron chi connectivity index (χ1n) is 3.64. The quantitative estimate of drug-likeness (QED) is 0.687. The van der Waals surface area contributed by atoms with Gasteiger partial charge in [0.1, 0.15) is 10.4 Å². The van der Waals surface area contributed by atoms with Gasteiger partial charge in [-0.25, -0.2) is 0 Å². The van der Waals surface area contributed by atoms with Crippen molar-refractivity contribution in [3.05, 3.63) is 23.0 Å². The Morgan fingerprint density at radius 3 is 3.00 bits per heavy atom. The fourth-order valence-electron chi connectivity index (χ4n) is 0.941. The lowest BCUT2D eigenvalue weighted by Gasteiger charge is -2.04. The van der Waals surface area contributed by atoms with Gasteiger partial charge in [0.15, 0.2) is 0 Å². The summed E-state index contributed by atoms with van der Waals surface area (Å²) in [5.41, 5.74) is 0. The number of hydrogen-bond donors (Lipinski definition) is 1. The highest BCUT2D eigenvalue weighted by molar-refractivity contribution is 7.71. The molecule has 0 bridgehead atoms. The standard InChI is InChI=1S/C8H11NOS/c1-2-5-9-6-3-4-7(10)8(9)11/h3-4,6,10H,2,5H2,1H3. The number of aromatic hydroxyl groups is 1. The molecule has 0 unspecified atom stereocenters. The first-order valence-corrected chi connectivity index (χ1v) is 4.05. The summed E-state index contributed by atoms with van der Waals surface area (Å²) in [6, 6.07) is 3.40. The number of pyridine rings is 1. The minimum atomic E-state index is 0.191. The van der Waals surface area contributed by atoms with Crippen LogP contribution >= 0.6 is 12.2 Å². The van der Waals surface area contributed by atoms with Crippen molar-refractivity contribution in [2.24, 2.45) is 0 Å². The number of rotatable bonds is 2. The van der Waals surface area contributed by atoms with E-state index in [9.17, 15) is 5.11 Å². The maximum absolute atomic E-state index is 9.20. The summed E-state index contributed by atoms with van der Waals surface area (Å²) in [4.78, 5) is 0. The average molecular weight is 169 g/mol. The zero-order valence-electron chi connectivity index (χ0n) is 6.45. The smallest absolute Gasteiger partial charge is 0.150 e. The lowest BCUT2D eigenvalue weighted by molar-refractivity contribution is 0.461. The molecule has 0 aliphatic heterocycles. The van der Waals surface area contributed by atoms with Crippen LogP contribution in [0, 0.1) is 4.64 Å². The van der Waals surface area contributed by atoms with Crippen LogP contribution in [-0.4, -0.2) is 9.67 Å². The number of hydrogen-bond acceptors (Lipinski definition) is 2. The molecule has 0 amide bonds. The Kier molecular flexibility index (Phi) is 2.65. The van der Waals surface area contributed by atoms with Crippen LogP contribution in [0.3, 0.4) is 0 Å². The molecular formula is C8H11NOS. The molecule has 0 aliphatic rings. The van der Waals surface area contributed by atoms with Crippen LogP contribution in [0.5, 0.6) is 5.75 Å². The van der Waals surface area contributed by atoms with E-state index in [0.29, 0.717) is 4.64 Å². The fourth-order valence-corrected chi connectivity index (χ4v) is 1.16. The Hall–Kier alpha value is -0.830. The Bertz CT molecular complexity index is 292. The molecule has 0 saturated heterocycles. The minimum absolute atomic E-state index is 0.191. The summed E-state index contributed by atoms with van der Waals surface area (Å²) < 4.78 is 2.39. The van der Waals surface area contributed by atoms with Gasteiger partial charge in [0.25, 0.3) is 0 Å². The Balaban J connectivity index is 3.07. The Morgan fingerprint density at radius 1 is 1.64 bits per heavy atom. The van der Waals surface area contributed by atoms with E-state index in [2.05, 4.69) is 6.92 Å². The first-order chi connectivity index (χ1) is 5.25. The predicted octanol–water partition coefficient (Wildman–Crippen LogP) is 2.33. The summed E-state index contributed by atoms with van der Waals surface area (Å²) in [6.07, 6.45) is 2.91. The van der Waals surface area contributed by atoms with Gasteiger partial charge < -0.3 is 9.67 Å². The fraction of sp³-hybridized carbons (Fsp3) is 0.375. The van der Waals surface area contributed by atoms with Crippen LogP contribution in [0.4, 0.5) is 0 Å². The van der Waals surface area contributed by atoms with E-state index < -0.39 is 0 Å². The number of aryl methyl sites for hydroxylation is 1. The third kappa shape index (κ3) is 1.80. The third-order valence-electron chi connectivity index (χ3n) is 1.46. The van der Waals surface area contributed by atoms with Gasteiger partial charge in [-0.3, -0.25) is 0 Å². The van der Waals surface area contributed by atoms with Crippen molar-refractivity contribution in [1.29, 1.82) is 0 Å². The lowest BCUT2D eigenvalue weighted by Crippen LogP contribution is -1.97. The van der Waals surface area contributed by atoms with Crippen molar-refractivity contribution < 1.29 is 5.11 Å². The average Bonchev–Trinajstić information content (AvgIpc) is 1.99. The van der Waals surface area contributed by atoms with E-state index in [-0.39, 0.29) is 5.75 Å². The van der Waals surface area contributed by atoms with E-state index in [1.54, 1.807) is 12.1 Å².